The minimum Gasteiger partial charge on any atom is -0.409 e. The molecule has 0 aromatic carbocycles. The van der Waals surface area contributed by atoms with Crippen LogP contribution in [0.25, 0.3) is 0 Å². The third-order valence-corrected chi connectivity index (χ3v) is 3.61. The van der Waals surface area contributed by atoms with Crippen LogP contribution in [0.1, 0.15) is 5.69 Å². The lowest BCUT2D eigenvalue weighted by atomic mass is 10.4. The van der Waals surface area contributed by atoms with E-state index in [1.807, 2.05) is 17.5 Å². The molecule has 7 heteroatoms. The highest BCUT2D eigenvalue weighted by Crippen LogP contribution is 2.28. The Balaban J connectivity index is 2.23. The van der Waals surface area contributed by atoms with E-state index in [0.717, 1.165) is 4.21 Å². The number of hydrogen-bond donors (Lipinski definition) is 2. The van der Waals surface area contributed by atoms with Gasteiger partial charge in [0.2, 0.25) is 0 Å². The fourth-order valence-electron chi connectivity index (χ4n) is 0.995. The largest absolute Gasteiger partial charge is 0.409 e. The van der Waals surface area contributed by atoms with E-state index in [9.17, 15) is 0 Å². The van der Waals surface area contributed by atoms with Crippen LogP contribution in [0, 0.1) is 0 Å². The average Bonchev–Trinajstić information content (AvgIpc) is 2.81. The molecular weight excluding hydrogens is 244 g/mol. The summed E-state index contributed by atoms with van der Waals surface area (Å²) in [6.45, 7) is 0. The highest BCUT2D eigenvalue weighted by atomic mass is 32.2. The van der Waals surface area contributed by atoms with Crippen LogP contribution in [0.2, 0.25) is 0 Å². The van der Waals surface area contributed by atoms with Gasteiger partial charge in [0.1, 0.15) is 5.69 Å². The monoisotopic (exact) mass is 252 g/mol. The molecule has 2 aromatic heterocycles. The van der Waals surface area contributed by atoms with Gasteiger partial charge in [-0.3, -0.25) is 0 Å². The first-order chi connectivity index (χ1) is 7.79. The molecule has 0 atom stereocenters. The highest BCUT2D eigenvalue weighted by Gasteiger charge is 2.05. The molecule has 0 fully saturated rings. The summed E-state index contributed by atoms with van der Waals surface area (Å²) in [6.07, 6.45) is 1.58. The van der Waals surface area contributed by atoms with Crippen molar-refractivity contribution in [1.82, 2.24) is 9.97 Å². The average molecular weight is 252 g/mol. The Morgan fingerprint density at radius 3 is 3.06 bits per heavy atom. The van der Waals surface area contributed by atoms with Crippen molar-refractivity contribution in [2.24, 2.45) is 10.9 Å². The van der Waals surface area contributed by atoms with Gasteiger partial charge < -0.3 is 10.9 Å². The van der Waals surface area contributed by atoms with E-state index < -0.39 is 0 Å². The highest BCUT2D eigenvalue weighted by molar-refractivity contribution is 8.01. The molecule has 0 unspecified atom stereocenters. The molecular formula is C9H8N4OS2. The van der Waals surface area contributed by atoms with E-state index in [0.29, 0.717) is 10.9 Å². The number of thiophene rings is 1. The number of nitrogens with two attached hydrogens (primary N) is 1. The zero-order chi connectivity index (χ0) is 11.4. The summed E-state index contributed by atoms with van der Waals surface area (Å²) in [4.78, 5) is 8.26. The molecule has 0 saturated carbocycles. The maximum absolute atomic E-state index is 8.53. The lowest BCUT2D eigenvalue weighted by Crippen LogP contribution is -2.15. The van der Waals surface area contributed by atoms with Gasteiger partial charge in [-0.25, -0.2) is 9.97 Å². The first-order valence-corrected chi connectivity index (χ1v) is 6.01. The van der Waals surface area contributed by atoms with Crippen molar-refractivity contribution in [2.75, 3.05) is 0 Å². The van der Waals surface area contributed by atoms with Crippen LogP contribution < -0.4 is 5.73 Å². The van der Waals surface area contributed by atoms with Gasteiger partial charge in [0.15, 0.2) is 11.0 Å². The van der Waals surface area contributed by atoms with Crippen LogP contribution in [-0.4, -0.2) is 21.0 Å². The van der Waals surface area contributed by atoms with Gasteiger partial charge in [-0.15, -0.1) is 11.3 Å². The molecule has 2 rings (SSSR count). The van der Waals surface area contributed by atoms with Crippen LogP contribution in [0.15, 0.2) is 44.3 Å². The van der Waals surface area contributed by atoms with Gasteiger partial charge in [0.25, 0.3) is 0 Å². The molecule has 16 heavy (non-hydrogen) atoms. The number of aromatic nitrogens is 2. The van der Waals surface area contributed by atoms with E-state index in [2.05, 4.69) is 15.1 Å². The fraction of sp³-hybridized carbons (Fsp3) is 0. The van der Waals surface area contributed by atoms with Gasteiger partial charge in [-0.1, -0.05) is 11.2 Å². The summed E-state index contributed by atoms with van der Waals surface area (Å²) < 4.78 is 1.09. The maximum atomic E-state index is 8.53. The zero-order valence-electron chi connectivity index (χ0n) is 8.07. The second-order valence-corrected chi connectivity index (χ2v) is 4.96. The summed E-state index contributed by atoms with van der Waals surface area (Å²) in [6, 6.07) is 5.53. The van der Waals surface area contributed by atoms with E-state index in [-0.39, 0.29) is 5.84 Å². The number of amidine groups is 1. The van der Waals surface area contributed by atoms with Crippen LogP contribution in [0.5, 0.6) is 0 Å². The Bertz CT molecular complexity index is 498. The minimum atomic E-state index is -0.0181. The van der Waals surface area contributed by atoms with Crippen molar-refractivity contribution >= 4 is 28.9 Å². The summed E-state index contributed by atoms with van der Waals surface area (Å²) >= 11 is 3.05. The minimum absolute atomic E-state index is 0.0181. The quantitative estimate of drug-likeness (QED) is 0.286. The molecule has 2 heterocycles. The van der Waals surface area contributed by atoms with E-state index >= 15 is 0 Å². The third-order valence-electron chi connectivity index (χ3n) is 1.69. The lowest BCUT2D eigenvalue weighted by Gasteiger charge is -2.00. The van der Waals surface area contributed by atoms with Crippen LogP contribution in [0.4, 0.5) is 0 Å². The second-order valence-electron chi connectivity index (χ2n) is 2.74. The molecule has 0 saturated heterocycles. The summed E-state index contributed by atoms with van der Waals surface area (Å²) in [5, 5.41) is 14.0. The van der Waals surface area contributed by atoms with Crippen molar-refractivity contribution in [3.63, 3.8) is 0 Å². The van der Waals surface area contributed by atoms with Crippen molar-refractivity contribution in [1.29, 1.82) is 0 Å². The van der Waals surface area contributed by atoms with Gasteiger partial charge >= 0.3 is 0 Å². The molecule has 5 nitrogen and oxygen atoms in total. The molecule has 2 aromatic rings. The van der Waals surface area contributed by atoms with Gasteiger partial charge in [0.05, 0.1) is 4.21 Å². The number of rotatable bonds is 3. The molecule has 0 amide bonds. The third kappa shape index (κ3) is 2.50. The topological polar surface area (TPSA) is 84.4 Å². The smallest absolute Gasteiger partial charge is 0.193 e. The van der Waals surface area contributed by atoms with E-state index in [1.165, 1.54) is 11.8 Å². The first kappa shape index (κ1) is 10.9. The van der Waals surface area contributed by atoms with Crippen LogP contribution in [-0.2, 0) is 0 Å². The molecule has 0 aliphatic heterocycles. The van der Waals surface area contributed by atoms with Gasteiger partial charge in [-0.05, 0) is 29.3 Å². The predicted molar refractivity (Wildman–Crippen MR) is 63.0 cm³/mol. The SMILES string of the molecule is N/C(=N/O)c1ccnc(Sc2cccs2)n1. The summed E-state index contributed by atoms with van der Waals surface area (Å²) in [5.41, 5.74) is 5.85. The molecule has 3 N–H and O–H groups in total. The number of hydrogen-bond acceptors (Lipinski definition) is 6. The van der Waals surface area contributed by atoms with E-state index in [4.69, 9.17) is 10.9 Å². The molecule has 82 valence electrons. The number of oxime groups is 1. The Labute approximate surface area is 100 Å². The predicted octanol–water partition coefficient (Wildman–Crippen LogP) is 1.78. The Morgan fingerprint density at radius 2 is 2.38 bits per heavy atom. The Hall–Kier alpha value is -1.60. The zero-order valence-corrected chi connectivity index (χ0v) is 9.70. The van der Waals surface area contributed by atoms with Crippen molar-refractivity contribution in [3.8, 4) is 0 Å². The van der Waals surface area contributed by atoms with Crippen molar-refractivity contribution in [2.45, 2.75) is 9.37 Å². The Morgan fingerprint density at radius 1 is 1.50 bits per heavy atom. The standard InChI is InChI=1S/C9H8N4OS2/c10-8(13-14)6-3-4-11-9(12-6)16-7-2-1-5-15-7/h1-5,14H,(H2,10,13). The second kappa shape index (κ2) is 4.95. The maximum Gasteiger partial charge on any atom is 0.193 e. The molecule has 0 radical (unpaired) electrons. The van der Waals surface area contributed by atoms with Crippen molar-refractivity contribution < 1.29 is 5.21 Å². The molecule has 0 aliphatic carbocycles. The first-order valence-electron chi connectivity index (χ1n) is 4.32. The lowest BCUT2D eigenvalue weighted by molar-refractivity contribution is 0.318. The normalized spacial score (nSPS) is 11.6. The van der Waals surface area contributed by atoms with Gasteiger partial charge in [-0.2, -0.15) is 0 Å². The van der Waals surface area contributed by atoms with Crippen molar-refractivity contribution in [3.05, 3.63) is 35.5 Å². The van der Waals surface area contributed by atoms with E-state index in [1.54, 1.807) is 23.6 Å². The fourth-order valence-corrected chi connectivity index (χ4v) is 2.61. The molecule has 0 spiro atoms. The van der Waals surface area contributed by atoms with Gasteiger partial charge in [0, 0.05) is 6.20 Å². The van der Waals surface area contributed by atoms with Crippen LogP contribution >= 0.6 is 23.1 Å². The molecule has 0 bridgehead atoms. The number of nitrogens with zero attached hydrogens (tertiary/aromatic N) is 3. The molecule has 0 aliphatic rings. The summed E-state index contributed by atoms with van der Waals surface area (Å²) in [7, 11) is 0. The Kier molecular flexibility index (Phi) is 3.37. The van der Waals surface area contributed by atoms with Crippen LogP contribution in [0.3, 0.4) is 0 Å². The summed E-state index contributed by atoms with van der Waals surface area (Å²) in [5.74, 6) is -0.0181.